The normalized spacial score (nSPS) is 23.3. The summed E-state index contributed by atoms with van der Waals surface area (Å²) in [6.45, 7) is 5.71. The Labute approximate surface area is 224 Å². The Morgan fingerprint density at radius 2 is 1.00 bits per heavy atom. The second-order valence-corrected chi connectivity index (χ2v) is 9.79. The molecule has 0 radical (unpaired) electrons. The Balaban J connectivity index is 1.66. The van der Waals surface area contributed by atoms with Crippen LogP contribution in [0.25, 0.3) is 0 Å². The van der Waals surface area contributed by atoms with Gasteiger partial charge in [0.25, 0.3) is 0 Å². The van der Waals surface area contributed by atoms with Gasteiger partial charge in [0.15, 0.2) is 0 Å². The number of hydrogen-bond donors (Lipinski definition) is 0. The summed E-state index contributed by atoms with van der Waals surface area (Å²) in [6.07, 6.45) is -3.04. The van der Waals surface area contributed by atoms with Crippen molar-refractivity contribution in [2.75, 3.05) is 0 Å². The zero-order valence-electron chi connectivity index (χ0n) is 22.2. The van der Waals surface area contributed by atoms with Crippen molar-refractivity contribution < 1.29 is 28.5 Å². The minimum atomic E-state index is -0.962. The molecule has 0 aliphatic carbocycles. The van der Waals surface area contributed by atoms with Crippen LogP contribution in [0.3, 0.4) is 0 Å². The highest BCUT2D eigenvalue weighted by atomic mass is 16.6. The molecule has 1 saturated heterocycles. The topological polar surface area (TPSA) is 71.1 Å². The average molecular weight is 517 g/mol. The number of benzene rings is 3. The quantitative estimate of drug-likeness (QED) is 0.303. The molecular weight excluding hydrogens is 480 g/mol. The number of carbonyl (C=O) groups is 2. The predicted octanol–water partition coefficient (Wildman–Crippen LogP) is 5.32. The molecule has 4 rings (SSSR count). The highest BCUT2D eigenvalue weighted by molar-refractivity contribution is 6.01. The maximum atomic E-state index is 12.7. The van der Waals surface area contributed by atoms with Crippen molar-refractivity contribution in [1.82, 2.24) is 0 Å². The van der Waals surface area contributed by atoms with Gasteiger partial charge in [-0.2, -0.15) is 0 Å². The van der Waals surface area contributed by atoms with Crippen LogP contribution < -0.4 is 0 Å². The van der Waals surface area contributed by atoms with Crippen LogP contribution in [0.5, 0.6) is 0 Å². The largest absolute Gasteiger partial charge is 0.368 e. The summed E-state index contributed by atoms with van der Waals surface area (Å²) < 4.78 is 25.8. The van der Waals surface area contributed by atoms with Gasteiger partial charge in [-0.05, 0) is 37.5 Å². The lowest BCUT2D eigenvalue weighted by Gasteiger charge is -2.47. The molecule has 0 unspecified atom stereocenters. The van der Waals surface area contributed by atoms with Gasteiger partial charge in [0.1, 0.15) is 41.9 Å². The van der Waals surface area contributed by atoms with E-state index in [0.29, 0.717) is 13.2 Å². The van der Waals surface area contributed by atoms with E-state index in [9.17, 15) is 9.59 Å². The molecule has 0 spiro atoms. The number of carbonyl (C=O) groups excluding carboxylic acids is 2. The summed E-state index contributed by atoms with van der Waals surface area (Å²) >= 11 is 0. The molecule has 3 aromatic carbocycles. The van der Waals surface area contributed by atoms with Crippen LogP contribution in [-0.4, -0.2) is 42.1 Å². The van der Waals surface area contributed by atoms with E-state index < -0.39 is 36.4 Å². The summed E-state index contributed by atoms with van der Waals surface area (Å²) in [4.78, 5) is 25.3. The van der Waals surface area contributed by atoms with Crippen molar-refractivity contribution in [3.63, 3.8) is 0 Å². The van der Waals surface area contributed by atoms with E-state index in [1.54, 1.807) is 0 Å². The van der Waals surface area contributed by atoms with Crippen molar-refractivity contribution in [2.24, 2.45) is 5.92 Å². The van der Waals surface area contributed by atoms with Crippen LogP contribution in [-0.2, 0) is 48.4 Å². The number of hydrogen-bond acceptors (Lipinski definition) is 6. The lowest BCUT2D eigenvalue weighted by atomic mass is 9.83. The number of ketones is 2. The first-order chi connectivity index (χ1) is 18.4. The van der Waals surface area contributed by atoms with Crippen LogP contribution in [0, 0.1) is 5.92 Å². The fraction of sp³-hybridized carbons (Fsp3) is 0.375. The van der Waals surface area contributed by atoms with Gasteiger partial charge < -0.3 is 18.9 Å². The van der Waals surface area contributed by atoms with Gasteiger partial charge in [0.2, 0.25) is 0 Å². The number of Topliss-reactive ketones (excluding diaryl/α,β-unsaturated/α-hetero) is 2. The van der Waals surface area contributed by atoms with Crippen LogP contribution in [0.1, 0.15) is 37.5 Å². The van der Waals surface area contributed by atoms with Crippen LogP contribution in [0.15, 0.2) is 91.0 Å². The van der Waals surface area contributed by atoms with E-state index in [4.69, 9.17) is 18.9 Å². The van der Waals surface area contributed by atoms with Gasteiger partial charge in [-0.3, -0.25) is 9.59 Å². The maximum absolute atomic E-state index is 12.7. The molecule has 38 heavy (non-hydrogen) atoms. The lowest BCUT2D eigenvalue weighted by Crippen LogP contribution is -2.62. The van der Waals surface area contributed by atoms with Crippen molar-refractivity contribution >= 4 is 11.6 Å². The molecule has 1 aliphatic rings. The second kappa shape index (κ2) is 13.6. The van der Waals surface area contributed by atoms with Gasteiger partial charge in [-0.25, -0.2) is 0 Å². The predicted molar refractivity (Wildman–Crippen MR) is 144 cm³/mol. The van der Waals surface area contributed by atoms with E-state index in [2.05, 4.69) is 0 Å². The molecule has 3 aromatic rings. The Bertz CT molecular complexity index is 1140. The highest BCUT2D eigenvalue weighted by Gasteiger charge is 2.51. The van der Waals surface area contributed by atoms with Crippen LogP contribution in [0.2, 0.25) is 0 Å². The van der Waals surface area contributed by atoms with E-state index in [1.807, 2.05) is 97.9 Å². The zero-order chi connectivity index (χ0) is 26.9. The summed E-state index contributed by atoms with van der Waals surface area (Å²) in [6, 6.07) is 29.5. The third-order valence-electron chi connectivity index (χ3n) is 6.87. The van der Waals surface area contributed by atoms with E-state index in [-0.39, 0.29) is 18.2 Å². The highest BCUT2D eigenvalue weighted by Crippen LogP contribution is 2.34. The van der Waals surface area contributed by atoms with Crippen LogP contribution in [0.4, 0.5) is 0 Å². The molecule has 0 saturated carbocycles. The number of ether oxygens (including phenoxy) is 4. The molecule has 0 amide bonds. The molecule has 1 heterocycles. The molecule has 6 heteroatoms. The fourth-order valence-corrected chi connectivity index (χ4v) is 4.97. The van der Waals surface area contributed by atoms with Crippen molar-refractivity contribution in [2.45, 2.75) is 71.1 Å². The molecule has 1 aliphatic heterocycles. The summed E-state index contributed by atoms with van der Waals surface area (Å²) in [5, 5.41) is 0. The maximum Gasteiger partial charge on any atom is 0.142 e. The van der Waals surface area contributed by atoms with Gasteiger partial charge >= 0.3 is 0 Å². The third kappa shape index (κ3) is 7.23. The van der Waals surface area contributed by atoms with Gasteiger partial charge in [-0.1, -0.05) is 91.0 Å². The average Bonchev–Trinajstić information content (AvgIpc) is 2.92. The first kappa shape index (κ1) is 27.9. The van der Waals surface area contributed by atoms with E-state index >= 15 is 0 Å². The minimum absolute atomic E-state index is 0.256. The van der Waals surface area contributed by atoms with Crippen LogP contribution >= 0.6 is 0 Å². The van der Waals surface area contributed by atoms with Gasteiger partial charge in [-0.15, -0.1) is 0 Å². The zero-order valence-corrected chi connectivity index (χ0v) is 22.2. The van der Waals surface area contributed by atoms with Crippen molar-refractivity contribution in [3.8, 4) is 0 Å². The van der Waals surface area contributed by atoms with E-state index in [1.165, 1.54) is 13.8 Å². The van der Waals surface area contributed by atoms with Crippen molar-refractivity contribution in [1.29, 1.82) is 0 Å². The molecule has 200 valence electrons. The molecule has 0 bridgehead atoms. The Morgan fingerprint density at radius 1 is 0.632 bits per heavy atom. The summed E-state index contributed by atoms with van der Waals surface area (Å²) in [5.41, 5.74) is 2.99. The van der Waals surface area contributed by atoms with Gasteiger partial charge in [0.05, 0.1) is 25.9 Å². The first-order valence-electron chi connectivity index (χ1n) is 13.1. The molecule has 5 atom stereocenters. The van der Waals surface area contributed by atoms with Gasteiger partial charge in [0, 0.05) is 0 Å². The third-order valence-corrected chi connectivity index (χ3v) is 6.87. The molecular formula is C32H36O6. The summed E-state index contributed by atoms with van der Waals surface area (Å²) in [5.74, 6) is -1.47. The molecule has 1 fully saturated rings. The Hall–Kier alpha value is -3.16. The molecule has 6 nitrogen and oxygen atoms in total. The fourth-order valence-electron chi connectivity index (χ4n) is 4.97. The van der Waals surface area contributed by atoms with Crippen molar-refractivity contribution in [3.05, 3.63) is 108 Å². The molecule has 0 aromatic heterocycles. The second-order valence-electron chi connectivity index (χ2n) is 9.79. The summed E-state index contributed by atoms with van der Waals surface area (Å²) in [7, 11) is 0. The number of rotatable bonds is 12. The lowest BCUT2D eigenvalue weighted by molar-refractivity contribution is -0.267. The first-order valence-corrected chi connectivity index (χ1v) is 13.1. The minimum Gasteiger partial charge on any atom is -0.368 e. The molecule has 0 N–H and O–H groups in total. The Morgan fingerprint density at radius 3 is 1.39 bits per heavy atom. The Kier molecular flexibility index (Phi) is 9.96. The van der Waals surface area contributed by atoms with E-state index in [0.717, 1.165) is 16.7 Å². The smallest absolute Gasteiger partial charge is 0.142 e. The SMILES string of the molecule is CC(=O)C(C(C)=O)[C@@H]1O[C@@H](C)[C@@H](OCc2ccccc2)[C@@H](OCc2ccccc2)[C@@H]1OCc1ccccc1. The standard InChI is InChI=1S/C32H36O6/c1-22(33)28(23(2)34)30-32(37-21-27-17-11-6-12-18-27)31(36-20-26-15-9-5-10-16-26)29(24(3)38-30)35-19-25-13-7-4-8-14-25/h4-18,24,28-32H,19-21H2,1-3H3/t24-,29+,30-,31+,32+/m0/s1. The monoisotopic (exact) mass is 516 g/mol.